The van der Waals surface area contributed by atoms with Crippen molar-refractivity contribution in [1.82, 2.24) is 10.3 Å². The molecule has 0 bridgehead atoms. The third kappa shape index (κ3) is 3.08. The Balaban J connectivity index is 1.86. The Morgan fingerprint density at radius 2 is 1.88 bits per heavy atom. The van der Waals surface area contributed by atoms with Crippen molar-refractivity contribution in [2.24, 2.45) is 0 Å². The molecule has 5 heteroatoms. The van der Waals surface area contributed by atoms with Gasteiger partial charge >= 0.3 is 0 Å². The first-order valence-corrected chi connectivity index (χ1v) is 8.62. The van der Waals surface area contributed by atoms with E-state index in [2.05, 4.69) is 5.32 Å². The fourth-order valence-electron chi connectivity index (χ4n) is 3.00. The van der Waals surface area contributed by atoms with E-state index < -0.39 is 0 Å². The molecule has 1 aliphatic rings. The minimum atomic E-state index is -0.0557. The number of para-hydroxylation sites is 1. The first kappa shape index (κ1) is 16.4. The van der Waals surface area contributed by atoms with E-state index >= 15 is 0 Å². The van der Waals surface area contributed by atoms with Crippen LogP contribution >= 0.6 is 0 Å². The summed E-state index contributed by atoms with van der Waals surface area (Å²) in [6.07, 6.45) is 2.10. The SMILES string of the molecule is COc1ccc(-c2cc(C(=O)NC3CC3)c3ccccc3n2)c(OC)c1. The standard InChI is InChI=1S/C21H20N2O3/c1-25-14-9-10-16(20(11-14)26-2)19-12-17(21(24)22-13-7-8-13)15-5-3-4-6-18(15)23-19/h3-6,9-13H,7-8H2,1-2H3,(H,22,24). The fourth-order valence-corrected chi connectivity index (χ4v) is 3.00. The van der Waals surface area contributed by atoms with Gasteiger partial charge in [-0.15, -0.1) is 0 Å². The van der Waals surface area contributed by atoms with E-state index in [0.29, 0.717) is 28.8 Å². The maximum atomic E-state index is 12.8. The lowest BCUT2D eigenvalue weighted by molar-refractivity contribution is 0.0952. The molecule has 3 aromatic rings. The van der Waals surface area contributed by atoms with Gasteiger partial charge in [0, 0.05) is 23.1 Å². The second kappa shape index (κ2) is 6.67. The van der Waals surface area contributed by atoms with E-state index in [1.807, 2.05) is 48.5 Å². The van der Waals surface area contributed by atoms with E-state index in [-0.39, 0.29) is 5.91 Å². The van der Waals surface area contributed by atoms with E-state index in [0.717, 1.165) is 29.3 Å². The Bertz CT molecular complexity index is 980. The highest BCUT2D eigenvalue weighted by Gasteiger charge is 2.25. The number of carbonyl (C=O) groups excluding carboxylic acids is 1. The van der Waals surface area contributed by atoms with Crippen molar-refractivity contribution in [3.05, 3.63) is 54.1 Å². The second-order valence-electron chi connectivity index (χ2n) is 6.39. The van der Waals surface area contributed by atoms with Crippen molar-refractivity contribution >= 4 is 16.8 Å². The van der Waals surface area contributed by atoms with Crippen LogP contribution in [0.2, 0.25) is 0 Å². The lowest BCUT2D eigenvalue weighted by Crippen LogP contribution is -2.25. The molecule has 0 saturated heterocycles. The number of ether oxygens (including phenoxy) is 2. The Kier molecular flexibility index (Phi) is 4.21. The first-order chi connectivity index (χ1) is 12.7. The number of amides is 1. The second-order valence-corrected chi connectivity index (χ2v) is 6.39. The quantitative estimate of drug-likeness (QED) is 0.762. The molecule has 1 fully saturated rings. The van der Waals surface area contributed by atoms with Crippen LogP contribution in [0.5, 0.6) is 11.5 Å². The summed E-state index contributed by atoms with van der Waals surface area (Å²) in [6, 6.07) is 15.4. The van der Waals surface area contributed by atoms with Crippen LogP contribution in [0.15, 0.2) is 48.5 Å². The van der Waals surface area contributed by atoms with Gasteiger partial charge in [-0.3, -0.25) is 4.79 Å². The highest BCUT2D eigenvalue weighted by molar-refractivity contribution is 6.07. The molecule has 0 radical (unpaired) electrons. The Morgan fingerprint density at radius 3 is 2.62 bits per heavy atom. The Hall–Kier alpha value is -3.08. The molecule has 0 spiro atoms. The third-order valence-electron chi connectivity index (χ3n) is 4.56. The number of nitrogens with zero attached hydrogens (tertiary/aromatic N) is 1. The minimum Gasteiger partial charge on any atom is -0.497 e. The van der Waals surface area contributed by atoms with Gasteiger partial charge in [-0.25, -0.2) is 4.98 Å². The molecule has 26 heavy (non-hydrogen) atoms. The Morgan fingerprint density at radius 1 is 1.08 bits per heavy atom. The number of carbonyl (C=O) groups is 1. The maximum absolute atomic E-state index is 12.8. The lowest BCUT2D eigenvalue weighted by Gasteiger charge is -2.13. The van der Waals surface area contributed by atoms with Crippen molar-refractivity contribution in [1.29, 1.82) is 0 Å². The topological polar surface area (TPSA) is 60.5 Å². The van der Waals surface area contributed by atoms with Crippen LogP contribution in [0.3, 0.4) is 0 Å². The summed E-state index contributed by atoms with van der Waals surface area (Å²) in [4.78, 5) is 17.5. The number of aromatic nitrogens is 1. The monoisotopic (exact) mass is 348 g/mol. The summed E-state index contributed by atoms with van der Waals surface area (Å²) in [6.45, 7) is 0. The van der Waals surface area contributed by atoms with Crippen LogP contribution in [0.25, 0.3) is 22.2 Å². The molecule has 2 aromatic carbocycles. The molecule has 1 N–H and O–H groups in total. The van der Waals surface area contributed by atoms with Gasteiger partial charge in [-0.1, -0.05) is 18.2 Å². The fraction of sp³-hybridized carbons (Fsp3) is 0.238. The minimum absolute atomic E-state index is 0.0557. The molecule has 4 rings (SSSR count). The molecule has 1 heterocycles. The van der Waals surface area contributed by atoms with Gasteiger partial charge in [0.15, 0.2) is 0 Å². The molecule has 0 unspecified atom stereocenters. The number of hydrogen-bond acceptors (Lipinski definition) is 4. The van der Waals surface area contributed by atoms with Crippen molar-refractivity contribution in [3.8, 4) is 22.8 Å². The van der Waals surface area contributed by atoms with Crippen LogP contribution in [0.4, 0.5) is 0 Å². The molecule has 132 valence electrons. The average molecular weight is 348 g/mol. The van der Waals surface area contributed by atoms with E-state index in [1.54, 1.807) is 14.2 Å². The van der Waals surface area contributed by atoms with E-state index in [9.17, 15) is 4.79 Å². The van der Waals surface area contributed by atoms with Gasteiger partial charge in [-0.05, 0) is 37.1 Å². The molecular weight excluding hydrogens is 328 g/mol. The molecule has 1 aliphatic carbocycles. The number of hydrogen-bond donors (Lipinski definition) is 1. The highest BCUT2D eigenvalue weighted by atomic mass is 16.5. The van der Waals surface area contributed by atoms with Crippen molar-refractivity contribution in [2.45, 2.75) is 18.9 Å². The summed E-state index contributed by atoms with van der Waals surface area (Å²) < 4.78 is 10.8. The number of benzene rings is 2. The number of nitrogens with one attached hydrogen (secondary N) is 1. The first-order valence-electron chi connectivity index (χ1n) is 8.62. The predicted octanol–water partition coefficient (Wildman–Crippen LogP) is 3.81. The zero-order chi connectivity index (χ0) is 18.1. The summed E-state index contributed by atoms with van der Waals surface area (Å²) >= 11 is 0. The van der Waals surface area contributed by atoms with E-state index in [1.165, 1.54) is 0 Å². The van der Waals surface area contributed by atoms with Crippen LogP contribution in [0, 0.1) is 0 Å². The predicted molar refractivity (Wildman–Crippen MR) is 101 cm³/mol. The molecule has 1 amide bonds. The molecule has 0 atom stereocenters. The van der Waals surface area contributed by atoms with Crippen LogP contribution < -0.4 is 14.8 Å². The zero-order valence-corrected chi connectivity index (χ0v) is 14.8. The number of fused-ring (bicyclic) bond motifs is 1. The molecular formula is C21H20N2O3. The van der Waals surface area contributed by atoms with Gasteiger partial charge in [-0.2, -0.15) is 0 Å². The van der Waals surface area contributed by atoms with Gasteiger partial charge in [0.05, 0.1) is 31.0 Å². The van der Waals surface area contributed by atoms with Gasteiger partial charge < -0.3 is 14.8 Å². The molecule has 1 aromatic heterocycles. The summed E-state index contributed by atoms with van der Waals surface area (Å²) in [5.41, 5.74) is 2.93. The van der Waals surface area contributed by atoms with Crippen molar-refractivity contribution in [2.75, 3.05) is 14.2 Å². The zero-order valence-electron chi connectivity index (χ0n) is 14.8. The molecule has 5 nitrogen and oxygen atoms in total. The summed E-state index contributed by atoms with van der Waals surface area (Å²) in [5.74, 6) is 1.30. The summed E-state index contributed by atoms with van der Waals surface area (Å²) in [5, 5.41) is 3.92. The van der Waals surface area contributed by atoms with Crippen molar-refractivity contribution < 1.29 is 14.3 Å². The van der Waals surface area contributed by atoms with Gasteiger partial charge in [0.25, 0.3) is 5.91 Å². The smallest absolute Gasteiger partial charge is 0.252 e. The number of methoxy groups -OCH3 is 2. The Labute approximate surface area is 152 Å². The maximum Gasteiger partial charge on any atom is 0.252 e. The third-order valence-corrected chi connectivity index (χ3v) is 4.56. The van der Waals surface area contributed by atoms with Crippen molar-refractivity contribution in [3.63, 3.8) is 0 Å². The van der Waals surface area contributed by atoms with Crippen LogP contribution in [-0.4, -0.2) is 31.2 Å². The highest BCUT2D eigenvalue weighted by Crippen LogP contribution is 2.34. The van der Waals surface area contributed by atoms with E-state index in [4.69, 9.17) is 14.5 Å². The average Bonchev–Trinajstić information content (AvgIpc) is 3.50. The largest absolute Gasteiger partial charge is 0.497 e. The molecule has 1 saturated carbocycles. The molecule has 0 aliphatic heterocycles. The summed E-state index contributed by atoms with van der Waals surface area (Å²) in [7, 11) is 3.23. The number of pyridine rings is 1. The number of rotatable bonds is 5. The van der Waals surface area contributed by atoms with Crippen LogP contribution in [0.1, 0.15) is 23.2 Å². The normalized spacial score (nSPS) is 13.5. The van der Waals surface area contributed by atoms with Gasteiger partial charge in [0.1, 0.15) is 11.5 Å². The van der Waals surface area contributed by atoms with Crippen LogP contribution in [-0.2, 0) is 0 Å². The lowest BCUT2D eigenvalue weighted by atomic mass is 10.0. The van der Waals surface area contributed by atoms with Gasteiger partial charge in [0.2, 0.25) is 0 Å².